The highest BCUT2D eigenvalue weighted by Crippen LogP contribution is 2.31. The van der Waals surface area contributed by atoms with Gasteiger partial charge in [0, 0.05) is 16.5 Å². The van der Waals surface area contributed by atoms with Gasteiger partial charge in [0.05, 0.1) is 18.9 Å². The molecule has 0 spiro atoms. The van der Waals surface area contributed by atoms with E-state index in [1.807, 2.05) is 51.1 Å². The largest absolute Gasteiger partial charge is 0.493 e. The molecule has 3 rings (SSSR count). The summed E-state index contributed by atoms with van der Waals surface area (Å²) in [6.07, 6.45) is 3.27. The quantitative estimate of drug-likeness (QED) is 0.483. The van der Waals surface area contributed by atoms with E-state index in [1.54, 1.807) is 13.2 Å². The average molecular weight is 423 g/mol. The van der Waals surface area contributed by atoms with Crippen LogP contribution >= 0.6 is 11.3 Å². The van der Waals surface area contributed by atoms with Crippen LogP contribution in [0, 0.1) is 13.8 Å². The second-order valence-electron chi connectivity index (χ2n) is 7.19. The Balaban J connectivity index is 1.69. The lowest BCUT2D eigenvalue weighted by molar-refractivity contribution is -0.111. The molecule has 1 amide bonds. The van der Waals surface area contributed by atoms with E-state index in [0.29, 0.717) is 16.6 Å². The highest BCUT2D eigenvalue weighted by Gasteiger charge is 2.11. The van der Waals surface area contributed by atoms with Crippen LogP contribution in [0.25, 0.3) is 17.3 Å². The number of anilines is 1. The summed E-state index contributed by atoms with van der Waals surface area (Å²) in [5.74, 6) is 1.07. The molecular weight excluding hydrogens is 396 g/mol. The lowest BCUT2D eigenvalue weighted by Crippen LogP contribution is -2.07. The molecule has 1 N–H and O–H groups in total. The van der Waals surface area contributed by atoms with Crippen molar-refractivity contribution in [2.75, 3.05) is 12.4 Å². The molecule has 6 heteroatoms. The Morgan fingerprint density at radius 3 is 2.50 bits per heavy atom. The Hall–Kier alpha value is -3.12. The zero-order chi connectivity index (χ0) is 21.7. The molecule has 0 bridgehead atoms. The van der Waals surface area contributed by atoms with Crippen molar-refractivity contribution in [1.82, 2.24) is 4.98 Å². The van der Waals surface area contributed by atoms with Gasteiger partial charge in [0.15, 0.2) is 16.6 Å². The molecule has 1 heterocycles. The van der Waals surface area contributed by atoms with E-state index in [0.717, 1.165) is 21.7 Å². The molecule has 5 nitrogen and oxygen atoms in total. The van der Waals surface area contributed by atoms with E-state index in [2.05, 4.69) is 29.4 Å². The minimum Gasteiger partial charge on any atom is -0.493 e. The lowest BCUT2D eigenvalue weighted by atomic mass is 10.1. The standard InChI is InChI=1S/C24H26N2O3S/c1-15(2)29-20-12-8-18(14-21(20)28-5)9-13-22(27)25-24-26-23(17(4)30-24)19-10-6-16(3)7-11-19/h6-15H,1-5H3,(H,25,26,27). The number of benzene rings is 2. The van der Waals surface area contributed by atoms with Gasteiger partial charge in [0.2, 0.25) is 5.91 Å². The first-order valence-electron chi connectivity index (χ1n) is 9.74. The van der Waals surface area contributed by atoms with Crippen LogP contribution in [0.2, 0.25) is 0 Å². The summed E-state index contributed by atoms with van der Waals surface area (Å²) in [6, 6.07) is 13.8. The van der Waals surface area contributed by atoms with Gasteiger partial charge in [0.1, 0.15) is 0 Å². The summed E-state index contributed by atoms with van der Waals surface area (Å²) in [6.45, 7) is 7.98. The topological polar surface area (TPSA) is 60.5 Å². The fraction of sp³-hybridized carbons (Fsp3) is 0.250. The first-order valence-corrected chi connectivity index (χ1v) is 10.6. The van der Waals surface area contributed by atoms with Crippen LogP contribution in [0.4, 0.5) is 5.13 Å². The van der Waals surface area contributed by atoms with Crippen molar-refractivity contribution in [1.29, 1.82) is 0 Å². The Morgan fingerprint density at radius 2 is 1.83 bits per heavy atom. The molecule has 0 aliphatic heterocycles. The number of carbonyl (C=O) groups is 1. The van der Waals surface area contributed by atoms with Crippen molar-refractivity contribution in [3.05, 3.63) is 64.5 Å². The second-order valence-corrected chi connectivity index (χ2v) is 8.39. The van der Waals surface area contributed by atoms with Gasteiger partial charge in [0.25, 0.3) is 0 Å². The Kier molecular flexibility index (Phi) is 6.90. The summed E-state index contributed by atoms with van der Waals surface area (Å²) in [5, 5.41) is 3.43. The molecule has 0 aliphatic rings. The number of methoxy groups -OCH3 is 1. The Bertz CT molecular complexity index is 1050. The van der Waals surface area contributed by atoms with Crippen LogP contribution in [-0.2, 0) is 4.79 Å². The van der Waals surface area contributed by atoms with E-state index in [-0.39, 0.29) is 12.0 Å². The minimum absolute atomic E-state index is 0.0534. The van der Waals surface area contributed by atoms with Gasteiger partial charge in [-0.05, 0) is 51.5 Å². The zero-order valence-corrected chi connectivity index (χ0v) is 18.7. The predicted molar refractivity (Wildman–Crippen MR) is 123 cm³/mol. The number of rotatable bonds is 7. The summed E-state index contributed by atoms with van der Waals surface area (Å²) in [5.41, 5.74) is 3.98. The number of amides is 1. The van der Waals surface area contributed by atoms with Crippen LogP contribution < -0.4 is 14.8 Å². The van der Waals surface area contributed by atoms with Crippen LogP contribution in [0.15, 0.2) is 48.5 Å². The van der Waals surface area contributed by atoms with Crippen LogP contribution in [0.3, 0.4) is 0 Å². The number of hydrogen-bond acceptors (Lipinski definition) is 5. The molecule has 0 unspecified atom stereocenters. The van der Waals surface area contributed by atoms with Crippen LogP contribution in [0.5, 0.6) is 11.5 Å². The molecule has 0 radical (unpaired) electrons. The predicted octanol–water partition coefficient (Wildman–Crippen LogP) is 5.87. The number of nitrogens with zero attached hydrogens (tertiary/aromatic N) is 1. The van der Waals surface area contributed by atoms with E-state index in [1.165, 1.54) is 23.0 Å². The number of nitrogens with one attached hydrogen (secondary N) is 1. The van der Waals surface area contributed by atoms with E-state index in [9.17, 15) is 4.79 Å². The molecule has 156 valence electrons. The van der Waals surface area contributed by atoms with Crippen molar-refractivity contribution in [3.63, 3.8) is 0 Å². The van der Waals surface area contributed by atoms with Gasteiger partial charge in [-0.1, -0.05) is 35.9 Å². The molecule has 1 aromatic heterocycles. The van der Waals surface area contributed by atoms with Gasteiger partial charge in [-0.3, -0.25) is 10.1 Å². The Labute approximate surface area is 181 Å². The molecule has 0 saturated heterocycles. The van der Waals surface area contributed by atoms with Gasteiger partial charge in [-0.15, -0.1) is 11.3 Å². The van der Waals surface area contributed by atoms with Gasteiger partial charge < -0.3 is 9.47 Å². The highest BCUT2D eigenvalue weighted by atomic mass is 32.1. The van der Waals surface area contributed by atoms with Crippen molar-refractivity contribution in [2.45, 2.75) is 33.8 Å². The minimum atomic E-state index is -0.235. The Morgan fingerprint density at radius 1 is 1.10 bits per heavy atom. The summed E-state index contributed by atoms with van der Waals surface area (Å²) >= 11 is 1.46. The molecule has 30 heavy (non-hydrogen) atoms. The first-order chi connectivity index (χ1) is 14.4. The molecule has 3 aromatic rings. The molecule has 2 aromatic carbocycles. The smallest absolute Gasteiger partial charge is 0.250 e. The van der Waals surface area contributed by atoms with Crippen molar-refractivity contribution in [2.24, 2.45) is 0 Å². The van der Waals surface area contributed by atoms with E-state index >= 15 is 0 Å². The fourth-order valence-electron chi connectivity index (χ4n) is 2.89. The van der Waals surface area contributed by atoms with Crippen molar-refractivity contribution >= 4 is 28.5 Å². The van der Waals surface area contributed by atoms with Crippen LogP contribution in [-0.4, -0.2) is 24.1 Å². The van der Waals surface area contributed by atoms with Gasteiger partial charge in [-0.25, -0.2) is 4.98 Å². The molecule has 0 saturated carbocycles. The highest BCUT2D eigenvalue weighted by molar-refractivity contribution is 7.16. The average Bonchev–Trinajstić information content (AvgIpc) is 3.07. The number of hydrogen-bond donors (Lipinski definition) is 1. The monoisotopic (exact) mass is 422 g/mol. The molecule has 0 atom stereocenters. The number of ether oxygens (including phenoxy) is 2. The first kappa shape index (κ1) is 21.6. The summed E-state index contributed by atoms with van der Waals surface area (Å²) in [7, 11) is 1.60. The van der Waals surface area contributed by atoms with Gasteiger partial charge in [-0.2, -0.15) is 0 Å². The molecule has 0 fully saturated rings. The SMILES string of the molecule is COc1cc(C=CC(=O)Nc2nc(-c3ccc(C)cc3)c(C)s2)ccc1OC(C)C. The number of carbonyl (C=O) groups excluding carboxylic acids is 1. The maximum Gasteiger partial charge on any atom is 0.250 e. The normalized spacial score (nSPS) is 11.1. The molecular formula is C24H26N2O3S. The maximum atomic E-state index is 12.4. The molecule has 0 aliphatic carbocycles. The third-order valence-corrected chi connectivity index (χ3v) is 5.22. The van der Waals surface area contributed by atoms with Gasteiger partial charge >= 0.3 is 0 Å². The summed E-state index contributed by atoms with van der Waals surface area (Å²) in [4.78, 5) is 18.0. The third-order valence-electron chi connectivity index (χ3n) is 4.33. The zero-order valence-electron chi connectivity index (χ0n) is 17.9. The fourth-order valence-corrected chi connectivity index (χ4v) is 3.73. The summed E-state index contributed by atoms with van der Waals surface area (Å²) < 4.78 is 11.1. The lowest BCUT2D eigenvalue weighted by Gasteiger charge is -2.13. The maximum absolute atomic E-state index is 12.4. The van der Waals surface area contributed by atoms with E-state index < -0.39 is 0 Å². The van der Waals surface area contributed by atoms with Crippen molar-refractivity contribution < 1.29 is 14.3 Å². The van der Waals surface area contributed by atoms with Crippen LogP contribution in [0.1, 0.15) is 29.9 Å². The number of thiazole rings is 1. The number of aryl methyl sites for hydroxylation is 2. The van der Waals surface area contributed by atoms with E-state index in [4.69, 9.17) is 9.47 Å². The van der Waals surface area contributed by atoms with Crippen molar-refractivity contribution in [3.8, 4) is 22.8 Å². The third kappa shape index (κ3) is 5.48. The second kappa shape index (κ2) is 9.59. The number of aromatic nitrogens is 1.